The highest BCUT2D eigenvalue weighted by Gasteiger charge is 2.28. The number of hydrogen-bond acceptors (Lipinski definition) is 3. The molecule has 2 aromatic carbocycles. The van der Waals surface area contributed by atoms with Gasteiger partial charge in [0.25, 0.3) is 5.91 Å². The maximum absolute atomic E-state index is 12.4. The minimum atomic E-state index is -3.19. The SMILES string of the molecule is CC(C)(C)c1ccc(C(=O)Nc2ccc(N3CCCS3(=O)=O)cc2)cc1. The van der Waals surface area contributed by atoms with Crippen LogP contribution in [0.3, 0.4) is 0 Å². The van der Waals surface area contributed by atoms with E-state index in [-0.39, 0.29) is 17.1 Å². The van der Waals surface area contributed by atoms with Gasteiger partial charge < -0.3 is 5.32 Å². The number of sulfonamides is 1. The lowest BCUT2D eigenvalue weighted by Crippen LogP contribution is -2.25. The van der Waals surface area contributed by atoms with Crippen molar-refractivity contribution in [1.29, 1.82) is 0 Å². The lowest BCUT2D eigenvalue weighted by Gasteiger charge is -2.19. The third-order valence-corrected chi connectivity index (χ3v) is 6.40. The maximum atomic E-state index is 12.4. The molecule has 0 spiro atoms. The minimum absolute atomic E-state index is 0.0424. The molecule has 2 aromatic rings. The van der Waals surface area contributed by atoms with E-state index in [1.807, 2.05) is 24.3 Å². The van der Waals surface area contributed by atoms with Crippen molar-refractivity contribution in [2.24, 2.45) is 0 Å². The zero-order chi connectivity index (χ0) is 18.9. The van der Waals surface area contributed by atoms with E-state index in [0.717, 1.165) is 0 Å². The number of carbonyl (C=O) groups excluding carboxylic acids is 1. The summed E-state index contributed by atoms with van der Waals surface area (Å²) < 4.78 is 25.3. The molecule has 26 heavy (non-hydrogen) atoms. The number of nitrogens with one attached hydrogen (secondary N) is 1. The molecule has 1 N–H and O–H groups in total. The summed E-state index contributed by atoms with van der Waals surface area (Å²) in [6, 6.07) is 14.5. The zero-order valence-electron chi connectivity index (χ0n) is 15.3. The molecule has 0 saturated carbocycles. The summed E-state index contributed by atoms with van der Waals surface area (Å²) in [5, 5.41) is 2.85. The largest absolute Gasteiger partial charge is 0.322 e. The molecule has 3 rings (SSSR count). The van der Waals surface area contributed by atoms with Crippen molar-refractivity contribution in [3.8, 4) is 0 Å². The van der Waals surface area contributed by atoms with Crippen LogP contribution in [0.4, 0.5) is 11.4 Å². The van der Waals surface area contributed by atoms with Gasteiger partial charge in [0.15, 0.2) is 0 Å². The predicted molar refractivity (Wildman–Crippen MR) is 105 cm³/mol. The third-order valence-electron chi connectivity index (χ3n) is 4.53. The molecule has 0 radical (unpaired) electrons. The van der Waals surface area contributed by atoms with Gasteiger partial charge in [0.1, 0.15) is 0 Å². The molecule has 138 valence electrons. The van der Waals surface area contributed by atoms with Crippen molar-refractivity contribution in [2.75, 3.05) is 21.9 Å². The van der Waals surface area contributed by atoms with E-state index >= 15 is 0 Å². The second kappa shape index (κ2) is 6.76. The first-order chi connectivity index (χ1) is 12.2. The normalized spacial score (nSPS) is 16.5. The van der Waals surface area contributed by atoms with Gasteiger partial charge in [-0.3, -0.25) is 9.10 Å². The van der Waals surface area contributed by atoms with Crippen molar-refractivity contribution in [3.63, 3.8) is 0 Å². The first-order valence-corrected chi connectivity index (χ1v) is 10.3. The van der Waals surface area contributed by atoms with Gasteiger partial charge in [-0.15, -0.1) is 0 Å². The molecular weight excluding hydrogens is 348 g/mol. The van der Waals surface area contributed by atoms with Crippen LogP contribution < -0.4 is 9.62 Å². The standard InChI is InChI=1S/C20H24N2O3S/c1-20(2,3)16-7-5-15(6-8-16)19(23)21-17-9-11-18(12-10-17)22-13-4-14-26(22,24)25/h5-12H,4,13-14H2,1-3H3,(H,21,23). The molecule has 1 fully saturated rings. The van der Waals surface area contributed by atoms with Crippen LogP contribution in [0, 0.1) is 0 Å². The summed E-state index contributed by atoms with van der Waals surface area (Å²) in [7, 11) is -3.19. The Morgan fingerprint density at radius 3 is 2.12 bits per heavy atom. The Hall–Kier alpha value is -2.34. The van der Waals surface area contributed by atoms with Crippen molar-refractivity contribution in [2.45, 2.75) is 32.6 Å². The van der Waals surface area contributed by atoms with Gasteiger partial charge in [0, 0.05) is 17.8 Å². The number of anilines is 2. The molecule has 1 saturated heterocycles. The van der Waals surface area contributed by atoms with Crippen LogP contribution in [0.2, 0.25) is 0 Å². The summed E-state index contributed by atoms with van der Waals surface area (Å²) in [5.41, 5.74) is 3.07. The monoisotopic (exact) mass is 372 g/mol. The van der Waals surface area contributed by atoms with Crippen LogP contribution in [0.15, 0.2) is 48.5 Å². The Morgan fingerprint density at radius 2 is 1.62 bits per heavy atom. The van der Waals surface area contributed by atoms with Crippen LogP contribution in [-0.4, -0.2) is 26.6 Å². The number of benzene rings is 2. The topological polar surface area (TPSA) is 66.5 Å². The van der Waals surface area contributed by atoms with Gasteiger partial charge in [-0.2, -0.15) is 0 Å². The Kier molecular flexibility index (Phi) is 4.80. The molecule has 1 aliphatic heterocycles. The fraction of sp³-hybridized carbons (Fsp3) is 0.350. The smallest absolute Gasteiger partial charge is 0.255 e. The Labute approximate surface area is 155 Å². The molecule has 0 bridgehead atoms. The van der Waals surface area contributed by atoms with Crippen molar-refractivity contribution in [1.82, 2.24) is 0 Å². The quantitative estimate of drug-likeness (QED) is 0.892. The molecule has 0 aliphatic carbocycles. The molecule has 1 amide bonds. The fourth-order valence-electron chi connectivity index (χ4n) is 2.97. The first kappa shape index (κ1) is 18.5. The number of nitrogens with zero attached hydrogens (tertiary/aromatic N) is 1. The summed E-state index contributed by atoms with van der Waals surface area (Å²) in [4.78, 5) is 12.4. The average Bonchev–Trinajstić information content (AvgIpc) is 2.94. The Morgan fingerprint density at radius 1 is 1.00 bits per heavy atom. The van der Waals surface area contributed by atoms with Crippen molar-refractivity contribution < 1.29 is 13.2 Å². The molecular formula is C20H24N2O3S. The maximum Gasteiger partial charge on any atom is 0.255 e. The van der Waals surface area contributed by atoms with E-state index in [9.17, 15) is 13.2 Å². The fourth-order valence-corrected chi connectivity index (χ4v) is 4.53. The van der Waals surface area contributed by atoms with Crippen molar-refractivity contribution >= 4 is 27.3 Å². The van der Waals surface area contributed by atoms with Crippen molar-refractivity contribution in [3.05, 3.63) is 59.7 Å². The number of hydrogen-bond donors (Lipinski definition) is 1. The number of carbonyl (C=O) groups is 1. The highest BCUT2D eigenvalue weighted by molar-refractivity contribution is 7.93. The third kappa shape index (κ3) is 3.90. The average molecular weight is 372 g/mol. The number of rotatable bonds is 3. The van der Waals surface area contributed by atoms with E-state index in [2.05, 4.69) is 26.1 Å². The number of amides is 1. The zero-order valence-corrected chi connectivity index (χ0v) is 16.1. The summed E-state index contributed by atoms with van der Waals surface area (Å²) in [5.74, 6) is 0.00256. The van der Waals surface area contributed by atoms with E-state index in [1.54, 1.807) is 24.3 Å². The van der Waals surface area contributed by atoms with E-state index in [0.29, 0.717) is 29.9 Å². The van der Waals surface area contributed by atoms with E-state index in [4.69, 9.17) is 0 Å². The highest BCUT2D eigenvalue weighted by Crippen LogP contribution is 2.26. The van der Waals surface area contributed by atoms with Gasteiger partial charge in [0.05, 0.1) is 11.4 Å². The van der Waals surface area contributed by atoms with Crippen LogP contribution in [0.25, 0.3) is 0 Å². The molecule has 6 heteroatoms. The Balaban J connectivity index is 1.70. The molecule has 0 aromatic heterocycles. The molecule has 0 unspecified atom stereocenters. The summed E-state index contributed by atoms with van der Waals surface area (Å²) in [6.45, 7) is 6.90. The minimum Gasteiger partial charge on any atom is -0.322 e. The molecule has 0 atom stereocenters. The van der Waals surface area contributed by atoms with Gasteiger partial charge in [-0.25, -0.2) is 8.42 Å². The van der Waals surface area contributed by atoms with Gasteiger partial charge in [-0.05, 0) is 53.8 Å². The highest BCUT2D eigenvalue weighted by atomic mass is 32.2. The second-order valence-corrected chi connectivity index (χ2v) is 9.58. The lowest BCUT2D eigenvalue weighted by atomic mass is 9.87. The van der Waals surface area contributed by atoms with Gasteiger partial charge >= 0.3 is 0 Å². The Bertz CT molecular complexity index is 896. The molecule has 5 nitrogen and oxygen atoms in total. The second-order valence-electron chi connectivity index (χ2n) is 7.57. The summed E-state index contributed by atoms with van der Waals surface area (Å²) >= 11 is 0. The van der Waals surface area contributed by atoms with E-state index < -0.39 is 10.0 Å². The van der Waals surface area contributed by atoms with Crippen LogP contribution in [0.5, 0.6) is 0 Å². The van der Waals surface area contributed by atoms with Gasteiger partial charge in [-0.1, -0.05) is 32.9 Å². The van der Waals surface area contributed by atoms with Gasteiger partial charge in [0.2, 0.25) is 10.0 Å². The predicted octanol–water partition coefficient (Wildman–Crippen LogP) is 3.78. The summed E-state index contributed by atoms with van der Waals surface area (Å²) in [6.07, 6.45) is 0.644. The molecule has 1 heterocycles. The lowest BCUT2D eigenvalue weighted by molar-refractivity contribution is 0.102. The van der Waals surface area contributed by atoms with Crippen LogP contribution in [0.1, 0.15) is 43.1 Å². The van der Waals surface area contributed by atoms with Crippen LogP contribution >= 0.6 is 0 Å². The molecule has 1 aliphatic rings. The van der Waals surface area contributed by atoms with Crippen LogP contribution in [-0.2, 0) is 15.4 Å². The van der Waals surface area contributed by atoms with E-state index in [1.165, 1.54) is 9.87 Å². The first-order valence-electron chi connectivity index (χ1n) is 8.69.